The SMILES string of the molecule is CC(C)C1C(=O)OCC(=O)N1C(C)CN. The number of morpholine rings is 1. The standard InChI is InChI=1S/C10H18N2O3/c1-6(2)9-10(14)15-5-8(13)12(9)7(3)4-11/h6-7,9H,4-5,11H2,1-3H3. The summed E-state index contributed by atoms with van der Waals surface area (Å²) in [6, 6.07) is -0.623. The Kier molecular flexibility index (Phi) is 3.68. The van der Waals surface area contributed by atoms with Crippen molar-refractivity contribution >= 4 is 11.9 Å². The molecule has 2 N–H and O–H groups in total. The molecule has 0 spiro atoms. The number of amides is 1. The zero-order valence-corrected chi connectivity index (χ0v) is 9.40. The summed E-state index contributed by atoms with van der Waals surface area (Å²) in [4.78, 5) is 24.8. The van der Waals surface area contributed by atoms with Gasteiger partial charge in [0.1, 0.15) is 6.04 Å². The Labute approximate surface area is 89.6 Å². The van der Waals surface area contributed by atoms with Crippen LogP contribution in [0.3, 0.4) is 0 Å². The fourth-order valence-electron chi connectivity index (χ4n) is 1.79. The Morgan fingerprint density at radius 2 is 2.07 bits per heavy atom. The minimum absolute atomic E-state index is 0.0377. The van der Waals surface area contributed by atoms with Crippen LogP contribution in [0.5, 0.6) is 0 Å². The third-order valence-electron chi connectivity index (χ3n) is 2.61. The summed E-state index contributed by atoms with van der Waals surface area (Å²) < 4.78 is 4.82. The molecule has 1 heterocycles. The number of hydrogen-bond donors (Lipinski definition) is 1. The molecule has 15 heavy (non-hydrogen) atoms. The smallest absolute Gasteiger partial charge is 0.329 e. The van der Waals surface area contributed by atoms with Crippen molar-refractivity contribution in [1.82, 2.24) is 4.90 Å². The Morgan fingerprint density at radius 3 is 2.53 bits per heavy atom. The second kappa shape index (κ2) is 4.61. The molecule has 1 rings (SSSR count). The van der Waals surface area contributed by atoms with Crippen molar-refractivity contribution in [2.45, 2.75) is 32.9 Å². The number of ether oxygens (including phenoxy) is 1. The van der Waals surface area contributed by atoms with Crippen LogP contribution in [0.15, 0.2) is 0 Å². The number of rotatable bonds is 3. The van der Waals surface area contributed by atoms with Gasteiger partial charge >= 0.3 is 5.97 Å². The van der Waals surface area contributed by atoms with E-state index in [9.17, 15) is 9.59 Å². The number of hydrogen-bond acceptors (Lipinski definition) is 4. The van der Waals surface area contributed by atoms with Gasteiger partial charge in [0.15, 0.2) is 6.61 Å². The molecule has 86 valence electrons. The summed E-state index contributed by atoms with van der Waals surface area (Å²) in [5.41, 5.74) is 5.53. The first kappa shape index (κ1) is 12.0. The van der Waals surface area contributed by atoms with Crippen LogP contribution < -0.4 is 5.73 Å². The number of nitrogens with two attached hydrogens (primary N) is 1. The zero-order valence-electron chi connectivity index (χ0n) is 9.40. The van der Waals surface area contributed by atoms with E-state index in [1.54, 1.807) is 4.90 Å². The summed E-state index contributed by atoms with van der Waals surface area (Å²) in [6.45, 7) is 5.81. The Bertz CT molecular complexity index is 265. The summed E-state index contributed by atoms with van der Waals surface area (Å²) in [5.74, 6) is -0.452. The topological polar surface area (TPSA) is 72.6 Å². The van der Waals surface area contributed by atoms with Crippen molar-refractivity contribution in [3.8, 4) is 0 Å². The second-order valence-corrected chi connectivity index (χ2v) is 4.18. The van der Waals surface area contributed by atoms with Crippen LogP contribution in [0.4, 0.5) is 0 Å². The highest BCUT2D eigenvalue weighted by Crippen LogP contribution is 2.19. The molecule has 0 saturated carbocycles. The maximum absolute atomic E-state index is 11.6. The van der Waals surface area contributed by atoms with E-state index in [2.05, 4.69) is 0 Å². The molecule has 1 aliphatic heterocycles. The molecule has 5 nitrogen and oxygen atoms in total. The first-order valence-corrected chi connectivity index (χ1v) is 5.17. The molecular formula is C10H18N2O3. The van der Waals surface area contributed by atoms with Gasteiger partial charge in [0, 0.05) is 12.6 Å². The van der Waals surface area contributed by atoms with Gasteiger partial charge in [-0.15, -0.1) is 0 Å². The summed E-state index contributed by atoms with van der Waals surface area (Å²) in [6.07, 6.45) is 0. The maximum Gasteiger partial charge on any atom is 0.329 e. The largest absolute Gasteiger partial charge is 0.454 e. The number of cyclic esters (lactones) is 1. The number of carbonyl (C=O) groups excluding carboxylic acids is 2. The zero-order chi connectivity index (χ0) is 11.6. The lowest BCUT2D eigenvalue weighted by atomic mass is 9.99. The van der Waals surface area contributed by atoms with Crippen LogP contribution in [0.1, 0.15) is 20.8 Å². The van der Waals surface area contributed by atoms with Crippen molar-refractivity contribution in [2.24, 2.45) is 11.7 Å². The molecule has 5 heteroatoms. The van der Waals surface area contributed by atoms with Crippen molar-refractivity contribution < 1.29 is 14.3 Å². The maximum atomic E-state index is 11.6. The molecule has 1 amide bonds. The van der Waals surface area contributed by atoms with E-state index in [1.807, 2.05) is 20.8 Å². The van der Waals surface area contributed by atoms with Gasteiger partial charge in [0.2, 0.25) is 0 Å². The van der Waals surface area contributed by atoms with E-state index in [4.69, 9.17) is 10.5 Å². The normalized spacial score (nSPS) is 24.3. The molecule has 2 atom stereocenters. The van der Waals surface area contributed by atoms with E-state index in [0.717, 1.165) is 0 Å². The third kappa shape index (κ3) is 2.28. The van der Waals surface area contributed by atoms with Crippen LogP contribution in [-0.4, -0.2) is 42.0 Å². The van der Waals surface area contributed by atoms with Gasteiger partial charge in [-0.3, -0.25) is 4.79 Å². The monoisotopic (exact) mass is 214 g/mol. The van der Waals surface area contributed by atoms with Crippen molar-refractivity contribution in [3.05, 3.63) is 0 Å². The van der Waals surface area contributed by atoms with Gasteiger partial charge in [-0.05, 0) is 12.8 Å². The minimum Gasteiger partial charge on any atom is -0.454 e. The van der Waals surface area contributed by atoms with Gasteiger partial charge in [0.05, 0.1) is 0 Å². The van der Waals surface area contributed by atoms with Gasteiger partial charge in [-0.25, -0.2) is 4.79 Å². The molecule has 1 aliphatic rings. The molecule has 0 bridgehead atoms. The van der Waals surface area contributed by atoms with E-state index in [-0.39, 0.29) is 30.4 Å². The van der Waals surface area contributed by atoms with Crippen LogP contribution in [0.25, 0.3) is 0 Å². The molecule has 0 aliphatic carbocycles. The predicted molar refractivity (Wildman–Crippen MR) is 54.9 cm³/mol. The predicted octanol–water partition coefficient (Wildman–Crippen LogP) is -0.256. The number of carbonyl (C=O) groups is 2. The average Bonchev–Trinajstić information content (AvgIpc) is 2.19. The first-order chi connectivity index (χ1) is 6.99. The van der Waals surface area contributed by atoms with E-state index >= 15 is 0 Å². The quantitative estimate of drug-likeness (QED) is 0.657. The van der Waals surface area contributed by atoms with Crippen molar-refractivity contribution in [3.63, 3.8) is 0 Å². The van der Waals surface area contributed by atoms with Crippen molar-refractivity contribution in [1.29, 1.82) is 0 Å². The molecule has 0 aromatic carbocycles. The molecule has 0 aromatic rings. The molecule has 1 fully saturated rings. The summed E-state index contributed by atoms with van der Waals surface area (Å²) in [5, 5.41) is 0. The van der Waals surface area contributed by atoms with E-state index in [0.29, 0.717) is 6.54 Å². The van der Waals surface area contributed by atoms with Crippen LogP contribution in [0.2, 0.25) is 0 Å². The second-order valence-electron chi connectivity index (χ2n) is 4.18. The van der Waals surface area contributed by atoms with E-state index in [1.165, 1.54) is 0 Å². The first-order valence-electron chi connectivity index (χ1n) is 5.17. The molecule has 0 aromatic heterocycles. The van der Waals surface area contributed by atoms with Gasteiger partial charge < -0.3 is 15.4 Å². The lowest BCUT2D eigenvalue weighted by molar-refractivity contribution is -0.173. The highest BCUT2D eigenvalue weighted by atomic mass is 16.5. The third-order valence-corrected chi connectivity index (χ3v) is 2.61. The summed E-state index contributed by atoms with van der Waals surface area (Å²) >= 11 is 0. The lowest BCUT2D eigenvalue weighted by Crippen LogP contribution is -2.59. The van der Waals surface area contributed by atoms with Gasteiger partial charge in [0.25, 0.3) is 5.91 Å². The Hall–Kier alpha value is -1.10. The lowest BCUT2D eigenvalue weighted by Gasteiger charge is -2.39. The molecule has 0 radical (unpaired) electrons. The van der Waals surface area contributed by atoms with Gasteiger partial charge in [-0.2, -0.15) is 0 Å². The Balaban J connectivity index is 2.93. The van der Waals surface area contributed by atoms with Gasteiger partial charge in [-0.1, -0.05) is 13.8 Å². The van der Waals surface area contributed by atoms with Crippen molar-refractivity contribution in [2.75, 3.05) is 13.2 Å². The van der Waals surface area contributed by atoms with E-state index < -0.39 is 6.04 Å². The van der Waals surface area contributed by atoms with Crippen LogP contribution in [-0.2, 0) is 14.3 Å². The number of esters is 1. The van der Waals surface area contributed by atoms with Crippen LogP contribution >= 0.6 is 0 Å². The fraction of sp³-hybridized carbons (Fsp3) is 0.800. The minimum atomic E-state index is -0.496. The summed E-state index contributed by atoms with van der Waals surface area (Å²) in [7, 11) is 0. The molecular weight excluding hydrogens is 196 g/mol. The highest BCUT2D eigenvalue weighted by Gasteiger charge is 2.40. The average molecular weight is 214 g/mol. The number of nitrogens with zero attached hydrogens (tertiary/aromatic N) is 1. The molecule has 2 unspecified atom stereocenters. The van der Waals surface area contributed by atoms with Crippen LogP contribution in [0, 0.1) is 5.92 Å². The molecule has 1 saturated heterocycles. The Morgan fingerprint density at radius 1 is 1.47 bits per heavy atom. The highest BCUT2D eigenvalue weighted by molar-refractivity contribution is 5.90. The fourth-order valence-corrected chi connectivity index (χ4v) is 1.79.